The molecule has 98 valence electrons. The zero-order valence-corrected chi connectivity index (χ0v) is 10.9. The van der Waals surface area contributed by atoms with Crippen LogP contribution in [0, 0.1) is 0 Å². The molecule has 4 nitrogen and oxygen atoms in total. The number of hydrogen-bond acceptors (Lipinski definition) is 4. The minimum atomic E-state index is 0.120. The number of nitrogens with zero attached hydrogens (tertiary/aromatic N) is 2. The van der Waals surface area contributed by atoms with Crippen LogP contribution in [-0.4, -0.2) is 50.0 Å². The van der Waals surface area contributed by atoms with Gasteiger partial charge in [0.15, 0.2) is 5.78 Å². The fourth-order valence-electron chi connectivity index (χ4n) is 2.32. The number of rotatable bonds is 4. The van der Waals surface area contributed by atoms with E-state index in [-0.39, 0.29) is 5.78 Å². The van der Waals surface area contributed by atoms with E-state index in [9.17, 15) is 4.79 Å². The molecule has 2 N–H and O–H groups in total. The summed E-state index contributed by atoms with van der Waals surface area (Å²) >= 11 is 0. The van der Waals surface area contributed by atoms with Gasteiger partial charge in [-0.3, -0.25) is 9.69 Å². The third-order valence-corrected chi connectivity index (χ3v) is 3.46. The fraction of sp³-hybridized carbons (Fsp3) is 0.500. The van der Waals surface area contributed by atoms with E-state index in [0.717, 1.165) is 44.8 Å². The topological polar surface area (TPSA) is 49.6 Å². The predicted octanol–water partition coefficient (Wildman–Crippen LogP) is 0.970. The first-order valence-electron chi connectivity index (χ1n) is 6.49. The summed E-state index contributed by atoms with van der Waals surface area (Å²) in [5.74, 6) is 0.120. The lowest BCUT2D eigenvalue weighted by Gasteiger charge is -2.35. The maximum absolute atomic E-state index is 11.2. The number of anilines is 1. The molecule has 18 heavy (non-hydrogen) atoms. The minimum Gasteiger partial charge on any atom is -0.369 e. The number of carbonyl (C=O) groups is 1. The molecule has 1 aromatic carbocycles. The number of hydrogen-bond donors (Lipinski definition) is 1. The molecule has 1 aliphatic rings. The summed E-state index contributed by atoms with van der Waals surface area (Å²) in [5, 5.41) is 0. The predicted molar refractivity (Wildman–Crippen MR) is 74.2 cm³/mol. The molecule has 0 spiro atoms. The van der Waals surface area contributed by atoms with E-state index in [4.69, 9.17) is 5.73 Å². The molecule has 1 saturated heterocycles. The van der Waals surface area contributed by atoms with Gasteiger partial charge in [0.25, 0.3) is 0 Å². The normalized spacial score (nSPS) is 16.9. The Kier molecular flexibility index (Phi) is 4.33. The molecule has 0 unspecified atom stereocenters. The second kappa shape index (κ2) is 5.98. The number of Topliss-reactive ketones (excluding diaryl/α,β-unsaturated/α-hetero) is 1. The molecule has 1 fully saturated rings. The van der Waals surface area contributed by atoms with E-state index in [1.54, 1.807) is 6.92 Å². The first-order valence-corrected chi connectivity index (χ1v) is 6.49. The fourth-order valence-corrected chi connectivity index (χ4v) is 2.32. The summed E-state index contributed by atoms with van der Waals surface area (Å²) in [6.07, 6.45) is 0. The molecule has 1 heterocycles. The van der Waals surface area contributed by atoms with E-state index in [2.05, 4.69) is 9.80 Å². The number of piperazine rings is 1. The van der Waals surface area contributed by atoms with Crippen LogP contribution >= 0.6 is 0 Å². The van der Waals surface area contributed by atoms with Gasteiger partial charge in [-0.15, -0.1) is 0 Å². The van der Waals surface area contributed by atoms with Gasteiger partial charge in [0, 0.05) is 50.5 Å². The maximum atomic E-state index is 11.2. The van der Waals surface area contributed by atoms with E-state index >= 15 is 0 Å². The summed E-state index contributed by atoms with van der Waals surface area (Å²) < 4.78 is 0. The third kappa shape index (κ3) is 3.09. The van der Waals surface area contributed by atoms with Gasteiger partial charge in [0.1, 0.15) is 0 Å². The first kappa shape index (κ1) is 13.1. The van der Waals surface area contributed by atoms with Crippen molar-refractivity contribution in [2.24, 2.45) is 5.73 Å². The van der Waals surface area contributed by atoms with Gasteiger partial charge in [-0.1, -0.05) is 0 Å². The van der Waals surface area contributed by atoms with Gasteiger partial charge >= 0.3 is 0 Å². The monoisotopic (exact) mass is 247 g/mol. The van der Waals surface area contributed by atoms with Crippen molar-refractivity contribution >= 4 is 11.5 Å². The lowest BCUT2D eigenvalue weighted by atomic mass is 10.1. The van der Waals surface area contributed by atoms with E-state index in [1.165, 1.54) is 5.69 Å². The summed E-state index contributed by atoms with van der Waals surface area (Å²) in [6.45, 7) is 7.49. The number of carbonyl (C=O) groups excluding carboxylic acids is 1. The number of nitrogens with two attached hydrogens (primary N) is 1. The lowest BCUT2D eigenvalue weighted by Crippen LogP contribution is -2.47. The highest BCUT2D eigenvalue weighted by Crippen LogP contribution is 2.17. The Balaban J connectivity index is 1.95. The quantitative estimate of drug-likeness (QED) is 0.806. The van der Waals surface area contributed by atoms with Crippen LogP contribution in [0.5, 0.6) is 0 Å². The molecule has 1 aromatic rings. The maximum Gasteiger partial charge on any atom is 0.159 e. The Hall–Kier alpha value is -1.39. The summed E-state index contributed by atoms with van der Waals surface area (Å²) in [7, 11) is 0. The van der Waals surface area contributed by atoms with Gasteiger partial charge in [-0.2, -0.15) is 0 Å². The Labute approximate surface area is 108 Å². The van der Waals surface area contributed by atoms with Crippen LogP contribution in [0.25, 0.3) is 0 Å². The largest absolute Gasteiger partial charge is 0.369 e. The van der Waals surface area contributed by atoms with Crippen LogP contribution in [-0.2, 0) is 0 Å². The van der Waals surface area contributed by atoms with Crippen molar-refractivity contribution in [3.8, 4) is 0 Å². The average Bonchev–Trinajstić information content (AvgIpc) is 2.40. The Bertz CT molecular complexity index is 394. The molecular formula is C14H21N3O. The summed E-state index contributed by atoms with van der Waals surface area (Å²) in [5.41, 5.74) is 7.54. The molecule has 0 saturated carbocycles. The molecule has 2 rings (SSSR count). The molecule has 4 heteroatoms. The van der Waals surface area contributed by atoms with Crippen LogP contribution in [0.15, 0.2) is 24.3 Å². The molecule has 0 bridgehead atoms. The van der Waals surface area contributed by atoms with E-state index < -0.39 is 0 Å². The Morgan fingerprint density at radius 3 is 2.28 bits per heavy atom. The van der Waals surface area contributed by atoms with Crippen molar-refractivity contribution in [3.63, 3.8) is 0 Å². The molecule has 0 aromatic heterocycles. The minimum absolute atomic E-state index is 0.120. The average molecular weight is 247 g/mol. The molecular weight excluding hydrogens is 226 g/mol. The van der Waals surface area contributed by atoms with Gasteiger partial charge in [0.05, 0.1) is 0 Å². The van der Waals surface area contributed by atoms with Crippen molar-refractivity contribution in [1.82, 2.24) is 4.90 Å². The summed E-state index contributed by atoms with van der Waals surface area (Å²) in [6, 6.07) is 7.89. The van der Waals surface area contributed by atoms with Gasteiger partial charge < -0.3 is 10.6 Å². The highest BCUT2D eigenvalue weighted by atomic mass is 16.1. The van der Waals surface area contributed by atoms with Gasteiger partial charge in [0.2, 0.25) is 0 Å². The molecule has 1 aliphatic heterocycles. The van der Waals surface area contributed by atoms with E-state index in [0.29, 0.717) is 0 Å². The van der Waals surface area contributed by atoms with Gasteiger partial charge in [-0.05, 0) is 31.2 Å². The van der Waals surface area contributed by atoms with Crippen LogP contribution in [0.1, 0.15) is 17.3 Å². The summed E-state index contributed by atoms with van der Waals surface area (Å²) in [4.78, 5) is 16.0. The zero-order chi connectivity index (χ0) is 13.0. The van der Waals surface area contributed by atoms with Crippen molar-refractivity contribution in [3.05, 3.63) is 29.8 Å². The SMILES string of the molecule is CC(=O)c1ccc(N2CCN(CCN)CC2)cc1. The van der Waals surface area contributed by atoms with Crippen LogP contribution < -0.4 is 10.6 Å². The van der Waals surface area contributed by atoms with Crippen molar-refractivity contribution in [1.29, 1.82) is 0 Å². The molecule has 0 radical (unpaired) electrons. The van der Waals surface area contributed by atoms with E-state index in [1.807, 2.05) is 24.3 Å². The molecule has 0 amide bonds. The smallest absolute Gasteiger partial charge is 0.159 e. The van der Waals surface area contributed by atoms with Crippen LogP contribution in [0.3, 0.4) is 0 Å². The standard InChI is InChI=1S/C14H21N3O/c1-12(18)13-2-4-14(5-3-13)17-10-8-16(7-6-15)9-11-17/h2-5H,6-11,15H2,1H3. The van der Waals surface area contributed by atoms with Crippen molar-refractivity contribution in [2.45, 2.75) is 6.92 Å². The van der Waals surface area contributed by atoms with Crippen LogP contribution in [0.4, 0.5) is 5.69 Å². The highest BCUT2D eigenvalue weighted by molar-refractivity contribution is 5.94. The number of benzene rings is 1. The zero-order valence-electron chi connectivity index (χ0n) is 10.9. The second-order valence-electron chi connectivity index (χ2n) is 4.72. The Morgan fingerprint density at radius 2 is 1.78 bits per heavy atom. The lowest BCUT2D eigenvalue weighted by molar-refractivity contribution is 0.101. The van der Waals surface area contributed by atoms with Crippen molar-refractivity contribution in [2.75, 3.05) is 44.2 Å². The Morgan fingerprint density at radius 1 is 1.17 bits per heavy atom. The first-order chi connectivity index (χ1) is 8.70. The van der Waals surface area contributed by atoms with Crippen molar-refractivity contribution < 1.29 is 4.79 Å². The molecule has 0 aliphatic carbocycles. The number of ketones is 1. The van der Waals surface area contributed by atoms with Gasteiger partial charge in [-0.25, -0.2) is 0 Å². The third-order valence-electron chi connectivity index (χ3n) is 3.46. The van der Waals surface area contributed by atoms with Crippen LogP contribution in [0.2, 0.25) is 0 Å². The highest BCUT2D eigenvalue weighted by Gasteiger charge is 2.16. The molecule has 0 atom stereocenters. The second-order valence-corrected chi connectivity index (χ2v) is 4.72.